The second-order valence-corrected chi connectivity index (χ2v) is 10.5. The van der Waals surface area contributed by atoms with Gasteiger partial charge in [0, 0.05) is 52.6 Å². The number of imidazole rings is 1. The standard InChI is InChI=1S/C28H27ClN6/c29-24-4-2-1-3-22(24)26-27(17-5-6-17)34-12-11-25-23(28(34)33-26)13-18(14-31-25)19-15-32-35(16-19)21-9-7-20(30)8-10-21/h1-4,11-17,20-21H,5-10,30H2/t20-,21-. The average molecular weight is 483 g/mol. The largest absolute Gasteiger partial charge is 0.328 e. The molecule has 0 amide bonds. The van der Waals surface area contributed by atoms with Gasteiger partial charge >= 0.3 is 0 Å². The molecule has 6 nitrogen and oxygen atoms in total. The van der Waals surface area contributed by atoms with Crippen molar-refractivity contribution in [2.75, 3.05) is 0 Å². The molecule has 0 unspecified atom stereocenters. The lowest BCUT2D eigenvalue weighted by atomic mass is 9.92. The van der Waals surface area contributed by atoms with Crippen molar-refractivity contribution in [1.29, 1.82) is 0 Å². The van der Waals surface area contributed by atoms with Crippen molar-refractivity contribution in [2.24, 2.45) is 5.73 Å². The second kappa shape index (κ2) is 8.18. The molecule has 1 aromatic carbocycles. The van der Waals surface area contributed by atoms with Crippen molar-refractivity contribution in [3.8, 4) is 22.4 Å². The zero-order chi connectivity index (χ0) is 23.5. The highest BCUT2D eigenvalue weighted by molar-refractivity contribution is 6.33. The fourth-order valence-electron chi connectivity index (χ4n) is 5.53. The minimum atomic E-state index is 0.333. The van der Waals surface area contributed by atoms with Gasteiger partial charge in [-0.25, -0.2) is 4.98 Å². The van der Waals surface area contributed by atoms with Crippen LogP contribution in [0, 0.1) is 0 Å². The zero-order valence-corrected chi connectivity index (χ0v) is 20.2. The number of halogens is 1. The van der Waals surface area contributed by atoms with Gasteiger partial charge in [-0.05, 0) is 56.7 Å². The number of nitrogens with zero attached hydrogens (tertiary/aromatic N) is 5. The lowest BCUT2D eigenvalue weighted by molar-refractivity contribution is 0.304. The highest BCUT2D eigenvalue weighted by Gasteiger charge is 2.32. The number of aromatic nitrogens is 5. The molecule has 7 heteroatoms. The van der Waals surface area contributed by atoms with E-state index in [9.17, 15) is 0 Å². The Morgan fingerprint density at radius 3 is 2.57 bits per heavy atom. The molecule has 176 valence electrons. The molecule has 2 fully saturated rings. The van der Waals surface area contributed by atoms with Crippen LogP contribution < -0.4 is 5.73 Å². The lowest BCUT2D eigenvalue weighted by Gasteiger charge is -2.26. The Kier molecular flexibility index (Phi) is 4.93. The van der Waals surface area contributed by atoms with Gasteiger partial charge in [-0.3, -0.25) is 9.67 Å². The zero-order valence-electron chi connectivity index (χ0n) is 19.4. The van der Waals surface area contributed by atoms with Gasteiger partial charge < -0.3 is 10.1 Å². The van der Waals surface area contributed by atoms with Crippen LogP contribution in [0.5, 0.6) is 0 Å². The van der Waals surface area contributed by atoms with Crippen molar-refractivity contribution in [2.45, 2.75) is 56.5 Å². The smallest absolute Gasteiger partial charge is 0.147 e. The molecule has 0 aliphatic heterocycles. The maximum atomic E-state index is 6.60. The first-order chi connectivity index (χ1) is 17.2. The molecule has 7 rings (SSSR count). The Balaban J connectivity index is 1.34. The van der Waals surface area contributed by atoms with Crippen LogP contribution in [0.3, 0.4) is 0 Å². The minimum Gasteiger partial charge on any atom is -0.328 e. The Labute approximate surface area is 208 Å². The van der Waals surface area contributed by atoms with Crippen molar-refractivity contribution >= 4 is 28.2 Å². The number of hydrogen-bond acceptors (Lipinski definition) is 4. The summed E-state index contributed by atoms with van der Waals surface area (Å²) in [5.74, 6) is 0.520. The van der Waals surface area contributed by atoms with Gasteiger partial charge in [-0.2, -0.15) is 5.10 Å². The van der Waals surface area contributed by atoms with Crippen LogP contribution in [0.4, 0.5) is 0 Å². The molecule has 2 aliphatic rings. The van der Waals surface area contributed by atoms with Crippen LogP contribution >= 0.6 is 11.6 Å². The van der Waals surface area contributed by atoms with Gasteiger partial charge in [0.1, 0.15) is 5.65 Å². The highest BCUT2D eigenvalue weighted by atomic mass is 35.5. The Morgan fingerprint density at radius 2 is 1.77 bits per heavy atom. The summed E-state index contributed by atoms with van der Waals surface area (Å²) in [5.41, 5.74) is 13.3. The number of rotatable bonds is 4. The SMILES string of the molecule is N[C@H]1CC[C@H](n2cc(-c3cnc4ccn5c(C6CC6)c(-c6ccccc6Cl)nc5c4c3)cn2)CC1. The Bertz CT molecular complexity index is 1550. The van der Waals surface area contributed by atoms with Gasteiger partial charge in [0.2, 0.25) is 0 Å². The predicted octanol–water partition coefficient (Wildman–Crippen LogP) is 6.39. The normalized spacial score (nSPS) is 20.6. The summed E-state index contributed by atoms with van der Waals surface area (Å²) < 4.78 is 4.36. The van der Waals surface area contributed by atoms with Crippen LogP contribution in [0.15, 0.2) is 61.2 Å². The summed E-state index contributed by atoms with van der Waals surface area (Å²) in [6.45, 7) is 0. The van der Waals surface area contributed by atoms with Gasteiger partial charge in [-0.1, -0.05) is 29.8 Å². The van der Waals surface area contributed by atoms with Gasteiger partial charge in [0.05, 0.1) is 34.2 Å². The van der Waals surface area contributed by atoms with E-state index in [0.29, 0.717) is 18.0 Å². The Hall–Kier alpha value is -3.22. The van der Waals surface area contributed by atoms with E-state index >= 15 is 0 Å². The van der Waals surface area contributed by atoms with E-state index in [4.69, 9.17) is 32.4 Å². The number of pyridine rings is 2. The molecule has 0 saturated heterocycles. The third-order valence-electron chi connectivity index (χ3n) is 7.63. The lowest BCUT2D eigenvalue weighted by Crippen LogP contribution is -2.27. The van der Waals surface area contributed by atoms with Gasteiger partial charge in [0.15, 0.2) is 0 Å². The maximum Gasteiger partial charge on any atom is 0.147 e. The molecule has 35 heavy (non-hydrogen) atoms. The molecule has 4 heterocycles. The Morgan fingerprint density at radius 1 is 0.943 bits per heavy atom. The van der Waals surface area contributed by atoms with Crippen LogP contribution in [0.2, 0.25) is 5.02 Å². The summed E-state index contributed by atoms with van der Waals surface area (Å²) in [6, 6.07) is 13.0. The highest BCUT2D eigenvalue weighted by Crippen LogP contribution is 2.46. The summed E-state index contributed by atoms with van der Waals surface area (Å²) in [7, 11) is 0. The van der Waals surface area contributed by atoms with E-state index in [1.807, 2.05) is 30.6 Å². The van der Waals surface area contributed by atoms with E-state index in [1.54, 1.807) is 0 Å². The molecule has 2 saturated carbocycles. The van der Waals surface area contributed by atoms with E-state index in [2.05, 4.69) is 39.7 Å². The number of hydrogen-bond donors (Lipinski definition) is 1. The van der Waals surface area contributed by atoms with E-state index < -0.39 is 0 Å². The molecule has 0 spiro atoms. The van der Waals surface area contributed by atoms with Crippen molar-refractivity contribution in [1.82, 2.24) is 24.1 Å². The third-order valence-corrected chi connectivity index (χ3v) is 7.96. The molecule has 2 aliphatic carbocycles. The van der Waals surface area contributed by atoms with E-state index in [-0.39, 0.29) is 0 Å². The molecule has 5 aromatic rings. The quantitative estimate of drug-likeness (QED) is 0.322. The first-order valence-corrected chi connectivity index (χ1v) is 12.9. The summed E-state index contributed by atoms with van der Waals surface area (Å²) in [5, 5.41) is 6.47. The molecular weight excluding hydrogens is 456 g/mol. The minimum absolute atomic E-state index is 0.333. The number of nitrogens with two attached hydrogens (primary N) is 1. The van der Waals surface area contributed by atoms with Crippen LogP contribution in [0.25, 0.3) is 38.9 Å². The molecular formula is C28H27ClN6. The fraction of sp³-hybridized carbons (Fsp3) is 0.321. The summed E-state index contributed by atoms with van der Waals surface area (Å²) in [6.07, 6.45) is 14.8. The van der Waals surface area contributed by atoms with E-state index in [0.717, 1.165) is 69.6 Å². The first-order valence-electron chi connectivity index (χ1n) is 12.5. The summed E-state index contributed by atoms with van der Waals surface area (Å²) in [4.78, 5) is 9.96. The average Bonchev–Trinajstić information content (AvgIpc) is 3.45. The summed E-state index contributed by atoms with van der Waals surface area (Å²) >= 11 is 6.60. The van der Waals surface area contributed by atoms with Crippen LogP contribution in [-0.4, -0.2) is 30.2 Å². The topological polar surface area (TPSA) is 74.0 Å². The van der Waals surface area contributed by atoms with Crippen molar-refractivity contribution in [3.05, 3.63) is 71.9 Å². The van der Waals surface area contributed by atoms with Crippen molar-refractivity contribution < 1.29 is 0 Å². The molecule has 0 radical (unpaired) electrons. The monoisotopic (exact) mass is 482 g/mol. The maximum absolute atomic E-state index is 6.60. The predicted molar refractivity (Wildman–Crippen MR) is 140 cm³/mol. The molecule has 4 aromatic heterocycles. The molecule has 2 N–H and O–H groups in total. The van der Waals surface area contributed by atoms with Gasteiger partial charge in [-0.15, -0.1) is 0 Å². The van der Waals surface area contributed by atoms with Crippen LogP contribution in [0.1, 0.15) is 56.2 Å². The second-order valence-electron chi connectivity index (χ2n) is 10.0. The van der Waals surface area contributed by atoms with E-state index in [1.165, 1.54) is 18.5 Å². The van der Waals surface area contributed by atoms with Crippen LogP contribution in [-0.2, 0) is 0 Å². The number of benzene rings is 1. The first kappa shape index (κ1) is 21.1. The van der Waals surface area contributed by atoms with Crippen molar-refractivity contribution in [3.63, 3.8) is 0 Å². The fourth-order valence-corrected chi connectivity index (χ4v) is 5.75. The molecule has 0 bridgehead atoms. The van der Waals surface area contributed by atoms with Gasteiger partial charge in [0.25, 0.3) is 0 Å². The third kappa shape index (κ3) is 3.63. The number of fused-ring (bicyclic) bond motifs is 3. The molecule has 0 atom stereocenters.